The van der Waals surface area contributed by atoms with Gasteiger partial charge in [-0.1, -0.05) is 0 Å². The van der Waals surface area contributed by atoms with E-state index in [2.05, 4.69) is 20.6 Å². The average molecular weight is 450 g/mol. The number of carbonyl (C=O) groups is 1. The summed E-state index contributed by atoms with van der Waals surface area (Å²) in [5, 5.41) is 8.82. The van der Waals surface area contributed by atoms with Gasteiger partial charge in [-0.25, -0.2) is 14.8 Å². The van der Waals surface area contributed by atoms with E-state index in [-0.39, 0.29) is 12.0 Å². The lowest BCUT2D eigenvalue weighted by atomic mass is 10.0. The molecule has 0 aromatic carbocycles. The van der Waals surface area contributed by atoms with Gasteiger partial charge in [0.15, 0.2) is 5.96 Å². The van der Waals surface area contributed by atoms with Crippen molar-refractivity contribution in [1.82, 2.24) is 20.6 Å². The van der Waals surface area contributed by atoms with Crippen LogP contribution in [0.1, 0.15) is 75.1 Å². The number of fused-ring (bicyclic) bond motifs is 1. The van der Waals surface area contributed by atoms with E-state index in [0.29, 0.717) is 17.2 Å². The fourth-order valence-electron chi connectivity index (χ4n) is 3.41. The number of guanidine groups is 1. The summed E-state index contributed by atoms with van der Waals surface area (Å²) in [5.74, 6) is 0.420. The maximum absolute atomic E-state index is 12.0. The van der Waals surface area contributed by atoms with Crippen LogP contribution in [0.15, 0.2) is 4.99 Å². The first-order valence-corrected chi connectivity index (χ1v) is 12.2. The summed E-state index contributed by atoms with van der Waals surface area (Å²) in [6.07, 6.45) is 6.92. The SMILES string of the molecule is CCOC(=O)c1sc(C(C)NC(=NC)NCCCc2nc3c(s2)CCCC3)nc1C. The molecule has 0 aliphatic heterocycles. The Kier molecular flexibility index (Phi) is 8.21. The number of aromatic nitrogens is 2. The molecule has 1 aliphatic rings. The van der Waals surface area contributed by atoms with Gasteiger partial charge in [0.2, 0.25) is 0 Å². The minimum absolute atomic E-state index is 0.0613. The van der Waals surface area contributed by atoms with Crippen molar-refractivity contribution >= 4 is 34.6 Å². The van der Waals surface area contributed by atoms with Crippen molar-refractivity contribution in [3.05, 3.63) is 31.2 Å². The second-order valence-electron chi connectivity index (χ2n) is 7.34. The van der Waals surface area contributed by atoms with E-state index in [9.17, 15) is 4.79 Å². The number of aliphatic imine (C=N–C) groups is 1. The summed E-state index contributed by atoms with van der Waals surface area (Å²) in [5.41, 5.74) is 2.04. The molecule has 0 radical (unpaired) electrons. The molecular weight excluding hydrogens is 418 g/mol. The lowest BCUT2D eigenvalue weighted by Crippen LogP contribution is -2.39. The molecule has 7 nitrogen and oxygen atoms in total. The monoisotopic (exact) mass is 449 g/mol. The van der Waals surface area contributed by atoms with Crippen molar-refractivity contribution in [1.29, 1.82) is 0 Å². The van der Waals surface area contributed by atoms with Gasteiger partial charge < -0.3 is 15.4 Å². The number of nitrogens with zero attached hydrogens (tertiary/aromatic N) is 3. The molecule has 1 atom stereocenters. The zero-order valence-corrected chi connectivity index (χ0v) is 19.8. The summed E-state index contributed by atoms with van der Waals surface area (Å²) in [6.45, 7) is 6.83. The fourth-order valence-corrected chi connectivity index (χ4v) is 5.57. The van der Waals surface area contributed by atoms with Gasteiger partial charge in [-0.05, 0) is 52.9 Å². The Morgan fingerprint density at radius 2 is 2.07 bits per heavy atom. The minimum Gasteiger partial charge on any atom is -0.462 e. The van der Waals surface area contributed by atoms with Crippen LogP contribution in [0.25, 0.3) is 0 Å². The van der Waals surface area contributed by atoms with Crippen molar-refractivity contribution in [2.45, 2.75) is 65.3 Å². The molecule has 2 aromatic rings. The molecule has 3 rings (SSSR count). The Balaban J connectivity index is 1.46. The Hall–Kier alpha value is -2.00. The van der Waals surface area contributed by atoms with E-state index in [4.69, 9.17) is 9.72 Å². The summed E-state index contributed by atoms with van der Waals surface area (Å²) in [4.78, 5) is 27.7. The van der Waals surface area contributed by atoms with Crippen LogP contribution in [0.5, 0.6) is 0 Å². The predicted molar refractivity (Wildman–Crippen MR) is 123 cm³/mol. The minimum atomic E-state index is -0.308. The topological polar surface area (TPSA) is 88.5 Å². The molecule has 9 heteroatoms. The molecule has 1 unspecified atom stereocenters. The van der Waals surface area contributed by atoms with E-state index in [1.807, 2.05) is 25.2 Å². The first-order valence-electron chi connectivity index (χ1n) is 10.6. The van der Waals surface area contributed by atoms with Crippen LogP contribution in [-0.4, -0.2) is 42.1 Å². The van der Waals surface area contributed by atoms with Crippen LogP contribution >= 0.6 is 22.7 Å². The molecule has 0 spiro atoms. The molecule has 0 saturated heterocycles. The van der Waals surface area contributed by atoms with Gasteiger partial charge in [0, 0.05) is 24.9 Å². The number of hydrogen-bond donors (Lipinski definition) is 2. The normalized spacial score (nSPS) is 14.9. The van der Waals surface area contributed by atoms with Crippen LogP contribution in [-0.2, 0) is 24.0 Å². The van der Waals surface area contributed by atoms with Gasteiger partial charge in [-0.2, -0.15) is 0 Å². The first kappa shape index (κ1) is 22.7. The van der Waals surface area contributed by atoms with E-state index < -0.39 is 0 Å². The highest BCUT2D eigenvalue weighted by Gasteiger charge is 2.20. The first-order chi connectivity index (χ1) is 14.5. The number of esters is 1. The van der Waals surface area contributed by atoms with E-state index in [1.54, 1.807) is 14.0 Å². The Morgan fingerprint density at radius 3 is 2.80 bits per heavy atom. The highest BCUT2D eigenvalue weighted by molar-refractivity contribution is 7.13. The summed E-state index contributed by atoms with van der Waals surface area (Å²) in [7, 11) is 1.76. The lowest BCUT2D eigenvalue weighted by Gasteiger charge is -2.16. The van der Waals surface area contributed by atoms with Gasteiger partial charge in [0.25, 0.3) is 0 Å². The van der Waals surface area contributed by atoms with Crippen molar-refractivity contribution in [2.24, 2.45) is 4.99 Å². The molecule has 1 aliphatic carbocycles. The third kappa shape index (κ3) is 5.78. The number of rotatable bonds is 8. The zero-order chi connectivity index (χ0) is 21.5. The number of thiazole rings is 2. The molecule has 164 valence electrons. The molecule has 30 heavy (non-hydrogen) atoms. The van der Waals surface area contributed by atoms with Gasteiger partial charge in [-0.3, -0.25) is 4.99 Å². The second-order valence-corrected chi connectivity index (χ2v) is 9.54. The zero-order valence-electron chi connectivity index (χ0n) is 18.2. The fraction of sp³-hybridized carbons (Fsp3) is 0.619. The largest absolute Gasteiger partial charge is 0.462 e. The molecule has 0 fully saturated rings. The average Bonchev–Trinajstić information content (AvgIpc) is 3.33. The summed E-state index contributed by atoms with van der Waals surface area (Å²) >= 11 is 3.26. The third-order valence-corrected chi connectivity index (χ3v) is 7.51. The Bertz CT molecular complexity index is 867. The number of nitrogens with one attached hydrogen (secondary N) is 2. The number of ether oxygens (including phenoxy) is 1. The van der Waals surface area contributed by atoms with E-state index >= 15 is 0 Å². The standard InChI is InChI=1S/C21H31N5O2S2/c1-5-28-20(27)18-13(2)24-19(30-18)14(3)25-21(22-4)23-12-8-11-17-26-15-9-6-7-10-16(15)29-17/h14H,5-12H2,1-4H3,(H2,22,23,25). The third-order valence-electron chi connectivity index (χ3n) is 4.97. The quantitative estimate of drug-likeness (QED) is 0.276. The van der Waals surface area contributed by atoms with Crippen molar-refractivity contribution in [3.8, 4) is 0 Å². The van der Waals surface area contributed by atoms with Gasteiger partial charge in [0.05, 0.1) is 29.0 Å². The molecule has 0 bridgehead atoms. The molecule has 2 aromatic heterocycles. The lowest BCUT2D eigenvalue weighted by molar-refractivity contribution is 0.0531. The Labute approximate surface area is 186 Å². The molecular formula is C21H31N5O2S2. The van der Waals surface area contributed by atoms with Crippen LogP contribution < -0.4 is 10.6 Å². The van der Waals surface area contributed by atoms with Crippen LogP contribution in [0.3, 0.4) is 0 Å². The highest BCUT2D eigenvalue weighted by Crippen LogP contribution is 2.27. The summed E-state index contributed by atoms with van der Waals surface area (Å²) in [6, 6.07) is -0.0613. The summed E-state index contributed by atoms with van der Waals surface area (Å²) < 4.78 is 5.10. The number of carbonyl (C=O) groups excluding carboxylic acids is 1. The second kappa shape index (κ2) is 10.9. The molecule has 0 amide bonds. The van der Waals surface area contributed by atoms with Crippen molar-refractivity contribution in [2.75, 3.05) is 20.2 Å². The smallest absolute Gasteiger partial charge is 0.350 e. The number of aryl methyl sites for hydroxylation is 4. The van der Waals surface area contributed by atoms with Crippen molar-refractivity contribution < 1.29 is 9.53 Å². The highest BCUT2D eigenvalue weighted by atomic mass is 32.1. The molecule has 2 N–H and O–H groups in total. The number of hydrogen-bond acceptors (Lipinski definition) is 7. The van der Waals surface area contributed by atoms with Crippen LogP contribution in [0.4, 0.5) is 0 Å². The Morgan fingerprint density at radius 1 is 1.27 bits per heavy atom. The molecule has 0 saturated carbocycles. The van der Waals surface area contributed by atoms with Gasteiger partial charge >= 0.3 is 5.97 Å². The maximum Gasteiger partial charge on any atom is 0.350 e. The predicted octanol–water partition coefficient (Wildman–Crippen LogP) is 3.82. The van der Waals surface area contributed by atoms with Crippen LogP contribution in [0, 0.1) is 6.92 Å². The van der Waals surface area contributed by atoms with E-state index in [1.165, 1.54) is 46.2 Å². The molecule has 2 heterocycles. The van der Waals surface area contributed by atoms with E-state index in [0.717, 1.165) is 36.8 Å². The van der Waals surface area contributed by atoms with Gasteiger partial charge in [0.1, 0.15) is 9.88 Å². The maximum atomic E-state index is 12.0. The van der Waals surface area contributed by atoms with Crippen molar-refractivity contribution in [3.63, 3.8) is 0 Å². The van der Waals surface area contributed by atoms with Crippen LogP contribution in [0.2, 0.25) is 0 Å². The van der Waals surface area contributed by atoms with Gasteiger partial charge in [-0.15, -0.1) is 22.7 Å².